The Hall–Kier alpha value is -1.83. The zero-order chi connectivity index (χ0) is 15.3. The van der Waals surface area contributed by atoms with Crippen LogP contribution in [0.2, 0.25) is 0 Å². The minimum atomic E-state index is -0.395. The number of nitrogens with zero attached hydrogens (tertiary/aromatic N) is 1. The summed E-state index contributed by atoms with van der Waals surface area (Å²) in [5.41, 5.74) is 5.56. The molecule has 0 atom stereocenters. The number of amides is 2. The first kappa shape index (κ1) is 16.2. The zero-order valence-electron chi connectivity index (χ0n) is 12.2. The molecule has 7 nitrogen and oxygen atoms in total. The lowest BCUT2D eigenvalue weighted by Gasteiger charge is -2.19. The van der Waals surface area contributed by atoms with Gasteiger partial charge in [0.15, 0.2) is 5.13 Å². The summed E-state index contributed by atoms with van der Waals surface area (Å²) in [5.74, 6) is -0.472. The summed E-state index contributed by atoms with van der Waals surface area (Å²) in [6.07, 6.45) is 0. The van der Waals surface area contributed by atoms with Gasteiger partial charge >= 0.3 is 0 Å². The van der Waals surface area contributed by atoms with Gasteiger partial charge in [-0.3, -0.25) is 9.59 Å². The first-order chi connectivity index (χ1) is 9.23. The number of hydrogen-bond acceptors (Lipinski definition) is 6. The topological polar surface area (TPSA) is 109 Å². The van der Waals surface area contributed by atoms with Gasteiger partial charge in [0, 0.05) is 12.1 Å². The quantitative estimate of drug-likeness (QED) is 0.643. The van der Waals surface area contributed by atoms with Gasteiger partial charge in [-0.1, -0.05) is 11.3 Å². The monoisotopic (exact) mass is 299 g/mol. The highest BCUT2D eigenvalue weighted by Gasteiger charge is 2.19. The number of nitrogens with two attached hydrogens (primary N) is 1. The summed E-state index contributed by atoms with van der Waals surface area (Å²) in [6.45, 7) is 8.21. The number of anilines is 2. The Morgan fingerprint density at radius 2 is 1.95 bits per heavy atom. The molecule has 0 aliphatic heterocycles. The first-order valence-corrected chi connectivity index (χ1v) is 7.14. The fourth-order valence-electron chi connectivity index (χ4n) is 1.37. The number of nitrogen functional groups attached to an aromatic ring is 1. The molecule has 5 N–H and O–H groups in total. The summed E-state index contributed by atoms with van der Waals surface area (Å²) in [7, 11) is 0. The van der Waals surface area contributed by atoms with E-state index in [1.165, 1.54) is 11.3 Å². The Kier molecular flexibility index (Phi) is 5.32. The molecule has 0 fully saturated rings. The normalized spacial score (nSPS) is 11.0. The molecule has 0 aromatic carbocycles. The van der Waals surface area contributed by atoms with Gasteiger partial charge in [-0.15, -0.1) is 0 Å². The van der Waals surface area contributed by atoms with Gasteiger partial charge in [0.1, 0.15) is 10.7 Å². The van der Waals surface area contributed by atoms with Crippen LogP contribution in [0.25, 0.3) is 0 Å². The molecule has 1 aromatic heterocycles. The molecule has 0 spiro atoms. The molecule has 0 unspecified atom stereocenters. The number of thiazole rings is 1. The Bertz CT molecular complexity index is 493. The van der Waals surface area contributed by atoms with Crippen molar-refractivity contribution in [2.45, 2.75) is 33.2 Å². The van der Waals surface area contributed by atoms with E-state index >= 15 is 0 Å². The van der Waals surface area contributed by atoms with Gasteiger partial charge in [-0.2, -0.15) is 0 Å². The molecule has 0 saturated carbocycles. The number of aromatic nitrogens is 1. The standard InChI is InChI=1S/C12H21N5O2S/c1-5-14-7(18)6-15-10(19)8-9(13)16-11(20-8)17-12(2,3)4/h5-6,13H2,1-4H3,(H,14,18)(H,15,19)(H,16,17). The summed E-state index contributed by atoms with van der Waals surface area (Å²) >= 11 is 1.17. The number of hydrogen-bond donors (Lipinski definition) is 4. The Morgan fingerprint density at radius 1 is 1.30 bits per heavy atom. The molecule has 0 aliphatic rings. The van der Waals surface area contributed by atoms with E-state index in [0.29, 0.717) is 16.6 Å². The van der Waals surface area contributed by atoms with Crippen molar-refractivity contribution in [1.82, 2.24) is 15.6 Å². The van der Waals surface area contributed by atoms with Crippen LogP contribution in [0.1, 0.15) is 37.4 Å². The van der Waals surface area contributed by atoms with Crippen LogP contribution < -0.4 is 21.7 Å². The summed E-state index contributed by atoms with van der Waals surface area (Å²) < 4.78 is 0. The van der Waals surface area contributed by atoms with Crippen molar-refractivity contribution < 1.29 is 9.59 Å². The Balaban J connectivity index is 2.67. The van der Waals surface area contributed by atoms with Gasteiger partial charge in [0.2, 0.25) is 5.91 Å². The maximum absolute atomic E-state index is 11.9. The van der Waals surface area contributed by atoms with E-state index in [1.807, 2.05) is 27.7 Å². The zero-order valence-corrected chi connectivity index (χ0v) is 13.0. The van der Waals surface area contributed by atoms with Crippen molar-refractivity contribution in [2.24, 2.45) is 0 Å². The maximum atomic E-state index is 11.9. The molecule has 1 rings (SSSR count). The molecule has 1 heterocycles. The molecule has 2 amide bonds. The predicted octanol–water partition coefficient (Wildman–Crippen LogP) is 0.802. The van der Waals surface area contributed by atoms with Crippen LogP contribution in [-0.2, 0) is 4.79 Å². The molecule has 1 aromatic rings. The van der Waals surface area contributed by atoms with Crippen LogP contribution in [-0.4, -0.2) is 35.4 Å². The van der Waals surface area contributed by atoms with Crippen molar-refractivity contribution in [3.63, 3.8) is 0 Å². The van der Waals surface area contributed by atoms with E-state index in [4.69, 9.17) is 5.73 Å². The largest absolute Gasteiger partial charge is 0.382 e. The Morgan fingerprint density at radius 3 is 2.50 bits per heavy atom. The van der Waals surface area contributed by atoms with Crippen LogP contribution in [0.5, 0.6) is 0 Å². The molecule has 20 heavy (non-hydrogen) atoms. The fourth-order valence-corrected chi connectivity index (χ4v) is 2.38. The maximum Gasteiger partial charge on any atom is 0.265 e. The minimum Gasteiger partial charge on any atom is -0.382 e. The van der Waals surface area contributed by atoms with E-state index in [2.05, 4.69) is 20.9 Å². The number of nitrogens with one attached hydrogen (secondary N) is 3. The molecule has 112 valence electrons. The lowest BCUT2D eigenvalue weighted by Crippen LogP contribution is -2.36. The van der Waals surface area contributed by atoms with E-state index in [1.54, 1.807) is 0 Å². The average molecular weight is 299 g/mol. The van der Waals surface area contributed by atoms with Crippen LogP contribution in [0.15, 0.2) is 0 Å². The van der Waals surface area contributed by atoms with Crippen molar-refractivity contribution >= 4 is 34.1 Å². The van der Waals surface area contributed by atoms with Crippen molar-refractivity contribution in [3.8, 4) is 0 Å². The van der Waals surface area contributed by atoms with E-state index < -0.39 is 5.91 Å². The van der Waals surface area contributed by atoms with Gasteiger partial charge in [0.05, 0.1) is 6.54 Å². The van der Waals surface area contributed by atoms with E-state index in [-0.39, 0.29) is 23.8 Å². The number of rotatable bonds is 5. The van der Waals surface area contributed by atoms with Crippen molar-refractivity contribution in [1.29, 1.82) is 0 Å². The molecule has 0 bridgehead atoms. The van der Waals surface area contributed by atoms with E-state index in [9.17, 15) is 9.59 Å². The second-order valence-electron chi connectivity index (χ2n) is 5.24. The number of carbonyl (C=O) groups excluding carboxylic acids is 2. The average Bonchev–Trinajstić information content (AvgIpc) is 2.65. The van der Waals surface area contributed by atoms with Crippen LogP contribution in [0, 0.1) is 0 Å². The predicted molar refractivity (Wildman–Crippen MR) is 80.9 cm³/mol. The van der Waals surface area contributed by atoms with Crippen LogP contribution in [0.3, 0.4) is 0 Å². The highest BCUT2D eigenvalue weighted by Crippen LogP contribution is 2.26. The molecule has 0 saturated heterocycles. The summed E-state index contributed by atoms with van der Waals surface area (Å²) in [5, 5.41) is 8.84. The molecular formula is C12H21N5O2S. The number of carbonyl (C=O) groups is 2. The molecule has 8 heteroatoms. The van der Waals surface area contributed by atoms with Gasteiger partial charge in [-0.05, 0) is 27.7 Å². The second kappa shape index (κ2) is 6.56. The van der Waals surface area contributed by atoms with Crippen molar-refractivity contribution in [2.75, 3.05) is 24.1 Å². The molecular weight excluding hydrogens is 278 g/mol. The SMILES string of the molecule is CCNC(=O)CNC(=O)c1sc(NC(C)(C)C)nc1N. The third-order valence-electron chi connectivity index (χ3n) is 2.12. The molecule has 0 aliphatic carbocycles. The van der Waals surface area contributed by atoms with Crippen LogP contribution in [0.4, 0.5) is 10.9 Å². The van der Waals surface area contributed by atoms with Gasteiger partial charge in [0.25, 0.3) is 5.91 Å². The fraction of sp³-hybridized carbons (Fsp3) is 0.583. The Labute approximate surface area is 122 Å². The third kappa shape index (κ3) is 5.04. The highest BCUT2D eigenvalue weighted by atomic mass is 32.1. The van der Waals surface area contributed by atoms with Gasteiger partial charge in [-0.25, -0.2) is 4.98 Å². The van der Waals surface area contributed by atoms with Crippen LogP contribution >= 0.6 is 11.3 Å². The lowest BCUT2D eigenvalue weighted by molar-refractivity contribution is -0.120. The lowest BCUT2D eigenvalue weighted by atomic mass is 10.1. The highest BCUT2D eigenvalue weighted by molar-refractivity contribution is 7.18. The first-order valence-electron chi connectivity index (χ1n) is 6.32. The smallest absolute Gasteiger partial charge is 0.265 e. The minimum absolute atomic E-state index is 0.0773. The second-order valence-corrected chi connectivity index (χ2v) is 6.24. The van der Waals surface area contributed by atoms with Gasteiger partial charge < -0.3 is 21.7 Å². The summed E-state index contributed by atoms with van der Waals surface area (Å²) in [6, 6.07) is 0. The van der Waals surface area contributed by atoms with Crippen molar-refractivity contribution in [3.05, 3.63) is 4.88 Å². The van der Waals surface area contributed by atoms with E-state index in [0.717, 1.165) is 0 Å². The summed E-state index contributed by atoms with van der Waals surface area (Å²) in [4.78, 5) is 27.6. The molecule has 0 radical (unpaired) electrons. The number of likely N-dealkylation sites (N-methyl/N-ethyl adjacent to an activating group) is 1. The third-order valence-corrected chi connectivity index (χ3v) is 3.11.